The molecule has 0 fully saturated rings. The number of rotatable bonds is 5. The van der Waals surface area contributed by atoms with Crippen LogP contribution in [0, 0.1) is 0 Å². The lowest BCUT2D eigenvalue weighted by atomic mass is 10.0. The Morgan fingerprint density at radius 3 is 2.00 bits per heavy atom. The van der Waals surface area contributed by atoms with Crippen LogP contribution in [-0.2, 0) is 9.59 Å². The molecule has 0 saturated heterocycles. The van der Waals surface area contributed by atoms with E-state index in [2.05, 4.69) is 24.5 Å². The number of anilines is 2. The van der Waals surface area contributed by atoms with Gasteiger partial charge >= 0.3 is 0 Å². The van der Waals surface area contributed by atoms with E-state index in [9.17, 15) is 9.59 Å². The van der Waals surface area contributed by atoms with Crippen LogP contribution in [0.3, 0.4) is 0 Å². The van der Waals surface area contributed by atoms with Crippen molar-refractivity contribution >= 4 is 46.4 Å². The summed E-state index contributed by atoms with van der Waals surface area (Å²) in [6.07, 6.45) is -0.326. The number of benzene rings is 2. The molecule has 0 spiro atoms. The molecule has 0 atom stereocenters. The number of halogens is 2. The fourth-order valence-electron chi connectivity index (χ4n) is 2.10. The number of nitrogens with one attached hydrogen (secondary N) is 2. The fraction of sp³-hybridized carbons (Fsp3) is 0.222. The lowest BCUT2D eigenvalue weighted by Gasteiger charge is -2.10. The highest BCUT2D eigenvalue weighted by Crippen LogP contribution is 2.29. The summed E-state index contributed by atoms with van der Waals surface area (Å²) in [5.74, 6) is -0.477. The number of carbonyl (C=O) groups is 2. The number of hydrogen-bond acceptors (Lipinski definition) is 2. The Kier molecular flexibility index (Phi) is 6.23. The average Bonchev–Trinajstić information content (AvgIpc) is 2.51. The smallest absolute Gasteiger partial charge is 0.233 e. The van der Waals surface area contributed by atoms with Gasteiger partial charge in [0, 0.05) is 5.69 Å². The first-order valence-corrected chi connectivity index (χ1v) is 8.26. The quantitative estimate of drug-likeness (QED) is 0.726. The van der Waals surface area contributed by atoms with Gasteiger partial charge in [0.2, 0.25) is 11.8 Å². The largest absolute Gasteiger partial charge is 0.326 e. The monoisotopic (exact) mass is 364 g/mol. The molecule has 0 aromatic heterocycles. The summed E-state index contributed by atoms with van der Waals surface area (Å²) in [5, 5.41) is 5.88. The van der Waals surface area contributed by atoms with Gasteiger partial charge in [-0.2, -0.15) is 0 Å². The van der Waals surface area contributed by atoms with E-state index in [0.29, 0.717) is 27.3 Å². The third kappa shape index (κ3) is 4.98. The third-order valence-corrected chi connectivity index (χ3v) is 4.04. The van der Waals surface area contributed by atoms with Gasteiger partial charge in [-0.15, -0.1) is 0 Å². The van der Waals surface area contributed by atoms with Crippen LogP contribution in [0.5, 0.6) is 0 Å². The zero-order valence-electron chi connectivity index (χ0n) is 13.4. The number of hydrogen-bond donors (Lipinski definition) is 2. The molecular weight excluding hydrogens is 347 g/mol. The maximum absolute atomic E-state index is 12.0. The molecule has 0 radical (unpaired) electrons. The van der Waals surface area contributed by atoms with Crippen molar-refractivity contribution in [2.24, 2.45) is 0 Å². The fourth-order valence-corrected chi connectivity index (χ4v) is 2.60. The van der Waals surface area contributed by atoms with Gasteiger partial charge in [0.25, 0.3) is 0 Å². The minimum absolute atomic E-state index is 0.305. The summed E-state index contributed by atoms with van der Waals surface area (Å²) in [4.78, 5) is 23.9. The second kappa shape index (κ2) is 8.18. The van der Waals surface area contributed by atoms with E-state index < -0.39 is 11.8 Å². The maximum atomic E-state index is 12.0. The third-order valence-electron chi connectivity index (χ3n) is 3.41. The Balaban J connectivity index is 1.93. The Labute approximate surface area is 151 Å². The van der Waals surface area contributed by atoms with Crippen molar-refractivity contribution in [1.82, 2.24) is 0 Å². The van der Waals surface area contributed by atoms with E-state index in [4.69, 9.17) is 23.2 Å². The van der Waals surface area contributed by atoms with Crippen molar-refractivity contribution in [2.75, 3.05) is 10.6 Å². The van der Waals surface area contributed by atoms with Gasteiger partial charge < -0.3 is 10.6 Å². The molecule has 2 amide bonds. The zero-order chi connectivity index (χ0) is 17.7. The second-order valence-electron chi connectivity index (χ2n) is 5.65. The van der Waals surface area contributed by atoms with Crippen LogP contribution in [-0.4, -0.2) is 11.8 Å². The summed E-state index contributed by atoms with van der Waals surface area (Å²) >= 11 is 12.0. The van der Waals surface area contributed by atoms with Gasteiger partial charge in [-0.3, -0.25) is 9.59 Å². The van der Waals surface area contributed by atoms with Gasteiger partial charge in [0.1, 0.15) is 6.42 Å². The summed E-state index contributed by atoms with van der Waals surface area (Å²) in [6, 6.07) is 12.4. The first-order chi connectivity index (χ1) is 11.4. The highest BCUT2D eigenvalue weighted by atomic mass is 35.5. The van der Waals surface area contributed by atoms with Crippen molar-refractivity contribution in [3.05, 3.63) is 58.1 Å². The molecule has 6 heteroatoms. The molecule has 4 nitrogen and oxygen atoms in total. The predicted molar refractivity (Wildman–Crippen MR) is 98.9 cm³/mol. The number of carbonyl (C=O) groups excluding carboxylic acids is 2. The molecule has 126 valence electrons. The molecule has 0 aliphatic heterocycles. The summed E-state index contributed by atoms with van der Waals surface area (Å²) in [5.41, 5.74) is 2.13. The minimum Gasteiger partial charge on any atom is -0.326 e. The molecule has 2 rings (SSSR count). The van der Waals surface area contributed by atoms with Gasteiger partial charge in [-0.25, -0.2) is 0 Å². The van der Waals surface area contributed by atoms with E-state index in [1.807, 2.05) is 24.3 Å². The van der Waals surface area contributed by atoms with Crippen LogP contribution in [0.25, 0.3) is 0 Å². The molecule has 0 unspecified atom stereocenters. The summed E-state index contributed by atoms with van der Waals surface area (Å²) < 4.78 is 0. The lowest BCUT2D eigenvalue weighted by molar-refractivity contribution is -0.123. The molecule has 0 heterocycles. The summed E-state index contributed by atoms with van der Waals surface area (Å²) in [7, 11) is 0. The van der Waals surface area contributed by atoms with Crippen molar-refractivity contribution in [2.45, 2.75) is 26.2 Å². The van der Waals surface area contributed by atoms with Crippen LogP contribution in [0.4, 0.5) is 11.4 Å². The Bertz CT molecular complexity index is 723. The van der Waals surface area contributed by atoms with E-state index in [1.165, 1.54) is 5.56 Å². The van der Waals surface area contributed by atoms with E-state index >= 15 is 0 Å². The molecule has 2 N–H and O–H groups in total. The number of para-hydroxylation sites is 1. The van der Waals surface area contributed by atoms with Gasteiger partial charge in [-0.05, 0) is 35.7 Å². The van der Waals surface area contributed by atoms with Gasteiger partial charge in [0.15, 0.2) is 0 Å². The standard InChI is InChI=1S/C18H18Cl2N2O2/c1-11(2)12-6-8-13(9-7-12)21-16(23)10-17(24)22-18-14(19)4-3-5-15(18)20/h3-9,11H,10H2,1-2H3,(H,21,23)(H,22,24). The predicted octanol–water partition coefficient (Wildman–Crippen LogP) is 5.08. The Morgan fingerprint density at radius 2 is 1.46 bits per heavy atom. The van der Waals surface area contributed by atoms with Crippen molar-refractivity contribution in [3.63, 3.8) is 0 Å². The molecule has 0 saturated carbocycles. The zero-order valence-corrected chi connectivity index (χ0v) is 14.9. The van der Waals surface area contributed by atoms with Crippen LogP contribution < -0.4 is 10.6 Å². The van der Waals surface area contributed by atoms with Crippen molar-refractivity contribution in [1.29, 1.82) is 0 Å². The Hall–Kier alpha value is -2.04. The normalized spacial score (nSPS) is 10.5. The van der Waals surface area contributed by atoms with Crippen LogP contribution in [0.2, 0.25) is 10.0 Å². The molecular formula is C18H18Cl2N2O2. The highest BCUT2D eigenvalue weighted by molar-refractivity contribution is 6.39. The first kappa shape index (κ1) is 18.3. The summed E-state index contributed by atoms with van der Waals surface area (Å²) in [6.45, 7) is 4.19. The van der Waals surface area contributed by atoms with E-state index in [1.54, 1.807) is 18.2 Å². The van der Waals surface area contributed by atoms with Crippen molar-refractivity contribution in [3.8, 4) is 0 Å². The van der Waals surface area contributed by atoms with Gasteiger partial charge in [0.05, 0.1) is 15.7 Å². The molecule has 0 aliphatic rings. The van der Waals surface area contributed by atoms with E-state index in [0.717, 1.165) is 0 Å². The topological polar surface area (TPSA) is 58.2 Å². The van der Waals surface area contributed by atoms with Crippen molar-refractivity contribution < 1.29 is 9.59 Å². The molecule has 2 aromatic carbocycles. The number of amides is 2. The Morgan fingerprint density at radius 1 is 0.917 bits per heavy atom. The van der Waals surface area contributed by atoms with E-state index in [-0.39, 0.29) is 6.42 Å². The molecule has 24 heavy (non-hydrogen) atoms. The molecule has 0 bridgehead atoms. The minimum atomic E-state index is -0.485. The average molecular weight is 365 g/mol. The molecule has 0 aliphatic carbocycles. The van der Waals surface area contributed by atoms with Gasteiger partial charge in [-0.1, -0.05) is 55.2 Å². The SMILES string of the molecule is CC(C)c1ccc(NC(=O)CC(=O)Nc2c(Cl)cccc2Cl)cc1. The van der Waals surface area contributed by atoms with Crippen LogP contribution >= 0.6 is 23.2 Å². The first-order valence-electron chi connectivity index (χ1n) is 7.50. The van der Waals surface area contributed by atoms with Crippen LogP contribution in [0.1, 0.15) is 31.7 Å². The highest BCUT2D eigenvalue weighted by Gasteiger charge is 2.13. The van der Waals surface area contributed by atoms with Crippen LogP contribution in [0.15, 0.2) is 42.5 Å². The maximum Gasteiger partial charge on any atom is 0.233 e. The second-order valence-corrected chi connectivity index (χ2v) is 6.46. The molecule has 2 aromatic rings. The lowest BCUT2D eigenvalue weighted by Crippen LogP contribution is -2.21.